The smallest absolute Gasteiger partial charge is 0.232 e. The lowest BCUT2D eigenvalue weighted by Gasteiger charge is -2.26. The van der Waals surface area contributed by atoms with Crippen LogP contribution in [0.4, 0.5) is 0 Å². The Kier molecular flexibility index (Phi) is 4.39. The summed E-state index contributed by atoms with van der Waals surface area (Å²) >= 11 is 0. The molecule has 1 amide bonds. The van der Waals surface area contributed by atoms with Gasteiger partial charge in [-0.1, -0.05) is 0 Å². The average Bonchev–Trinajstić information content (AvgIpc) is 2.19. The van der Waals surface area contributed by atoms with E-state index in [-0.39, 0.29) is 18.2 Å². The van der Waals surface area contributed by atoms with E-state index in [2.05, 4.69) is 0 Å². The maximum atomic E-state index is 11.5. The van der Waals surface area contributed by atoms with Gasteiger partial charge in [0, 0.05) is 13.1 Å². The summed E-state index contributed by atoms with van der Waals surface area (Å²) in [6.07, 6.45) is 0.0633. The van der Waals surface area contributed by atoms with Crippen LogP contribution in [-0.4, -0.2) is 49.6 Å². The first-order chi connectivity index (χ1) is 6.74. The zero-order valence-electron chi connectivity index (χ0n) is 8.41. The first kappa shape index (κ1) is 11.0. The molecule has 5 nitrogen and oxygen atoms in total. The molecule has 0 bridgehead atoms. The van der Waals surface area contributed by atoms with Crippen molar-refractivity contribution in [2.24, 2.45) is 0 Å². The topological polar surface area (TPSA) is 62.6 Å². The minimum absolute atomic E-state index is 0.0454. The molecule has 1 aliphatic rings. The van der Waals surface area contributed by atoms with Crippen LogP contribution >= 0.6 is 0 Å². The molecule has 80 valence electrons. The van der Waals surface area contributed by atoms with Gasteiger partial charge >= 0.3 is 0 Å². The van der Waals surface area contributed by atoms with Gasteiger partial charge in [-0.2, -0.15) is 0 Å². The van der Waals surface area contributed by atoms with Gasteiger partial charge in [-0.25, -0.2) is 0 Å². The molecule has 0 aromatic heterocycles. The molecule has 0 aliphatic carbocycles. The lowest BCUT2D eigenvalue weighted by atomic mass is 10.3. The molecule has 0 radical (unpaired) electrons. The summed E-state index contributed by atoms with van der Waals surface area (Å²) in [5.41, 5.74) is 0. The molecule has 1 heterocycles. The maximum absolute atomic E-state index is 11.5. The average molecular weight is 200 g/mol. The molecule has 0 spiro atoms. The van der Waals surface area contributed by atoms with Gasteiger partial charge in [0.25, 0.3) is 0 Å². The second kappa shape index (κ2) is 5.59. The van der Waals surface area contributed by atoms with Crippen LogP contribution in [0, 0.1) is 5.41 Å². The van der Waals surface area contributed by atoms with E-state index in [9.17, 15) is 4.79 Å². The van der Waals surface area contributed by atoms with Crippen molar-refractivity contribution in [1.82, 2.24) is 4.90 Å². The number of amides is 1. The van der Waals surface area contributed by atoms with Gasteiger partial charge in [0.1, 0.15) is 6.42 Å². The highest BCUT2D eigenvalue weighted by atomic mass is 16.5. The van der Waals surface area contributed by atoms with Gasteiger partial charge in [-0.05, 0) is 6.92 Å². The summed E-state index contributed by atoms with van der Waals surface area (Å²) in [5.74, 6) is -0.00394. The summed E-state index contributed by atoms with van der Waals surface area (Å²) in [6.45, 7) is 4.67. The van der Waals surface area contributed by atoms with Crippen molar-refractivity contribution >= 4 is 11.8 Å². The lowest BCUT2D eigenvalue weighted by molar-refractivity contribution is -0.134. The van der Waals surface area contributed by atoms with Gasteiger partial charge in [0.05, 0.1) is 19.8 Å². The van der Waals surface area contributed by atoms with Crippen LogP contribution in [0.15, 0.2) is 0 Å². The Morgan fingerprint density at radius 3 is 2.71 bits per heavy atom. The Hall–Kier alpha value is -1.10. The van der Waals surface area contributed by atoms with Crippen LogP contribution in [0.1, 0.15) is 13.3 Å². The van der Waals surface area contributed by atoms with E-state index in [1.54, 1.807) is 11.8 Å². The van der Waals surface area contributed by atoms with Crippen LogP contribution < -0.4 is 0 Å². The highest BCUT2D eigenvalue weighted by molar-refractivity contribution is 5.95. The van der Waals surface area contributed by atoms with Crippen LogP contribution in [0.3, 0.4) is 0 Å². The van der Waals surface area contributed by atoms with Gasteiger partial charge < -0.3 is 14.4 Å². The third kappa shape index (κ3) is 3.33. The number of morpholine rings is 1. The molecule has 1 fully saturated rings. The van der Waals surface area contributed by atoms with Crippen molar-refractivity contribution in [3.05, 3.63) is 0 Å². The molecule has 1 saturated heterocycles. The van der Waals surface area contributed by atoms with Crippen molar-refractivity contribution in [2.75, 3.05) is 32.9 Å². The quantitative estimate of drug-likeness (QED) is 0.524. The minimum atomic E-state index is -0.0493. The SMILES string of the molecule is CCOC(=N)CC(=O)N1CCOCC1. The van der Waals surface area contributed by atoms with Crippen LogP contribution in [0.25, 0.3) is 0 Å². The Morgan fingerprint density at radius 1 is 1.50 bits per heavy atom. The second-order valence-electron chi connectivity index (χ2n) is 3.03. The lowest BCUT2D eigenvalue weighted by Crippen LogP contribution is -2.41. The van der Waals surface area contributed by atoms with Crippen LogP contribution in [0.2, 0.25) is 0 Å². The normalized spacial score (nSPS) is 16.5. The second-order valence-corrected chi connectivity index (χ2v) is 3.03. The molecule has 14 heavy (non-hydrogen) atoms. The number of hydrogen-bond acceptors (Lipinski definition) is 4. The van der Waals surface area contributed by atoms with Crippen molar-refractivity contribution in [1.29, 1.82) is 5.41 Å². The number of nitrogens with zero attached hydrogens (tertiary/aromatic N) is 1. The van der Waals surface area contributed by atoms with Gasteiger partial charge in [0.2, 0.25) is 5.91 Å². The number of rotatable bonds is 3. The Labute approximate surface area is 83.5 Å². The first-order valence-corrected chi connectivity index (χ1v) is 4.79. The fourth-order valence-corrected chi connectivity index (χ4v) is 1.29. The van der Waals surface area contributed by atoms with Crippen molar-refractivity contribution in [2.45, 2.75) is 13.3 Å². The number of carbonyl (C=O) groups excluding carboxylic acids is 1. The summed E-state index contributed by atoms with van der Waals surface area (Å²) in [7, 11) is 0. The molecular formula is C9H16N2O3. The van der Waals surface area contributed by atoms with E-state index in [0.29, 0.717) is 32.9 Å². The summed E-state index contributed by atoms with van der Waals surface area (Å²) in [5, 5.41) is 7.34. The molecule has 0 unspecified atom stereocenters. The first-order valence-electron chi connectivity index (χ1n) is 4.79. The molecule has 0 aromatic rings. The van der Waals surface area contributed by atoms with Crippen molar-refractivity contribution < 1.29 is 14.3 Å². The Balaban J connectivity index is 2.29. The van der Waals surface area contributed by atoms with E-state index in [0.717, 1.165) is 0 Å². The predicted octanol–water partition coefficient (Wildman–Crippen LogP) is 0.249. The standard InChI is InChI=1S/C9H16N2O3/c1-2-14-8(10)7-9(12)11-3-5-13-6-4-11/h10H,2-7H2,1H3. The van der Waals surface area contributed by atoms with E-state index in [1.807, 2.05) is 0 Å². The number of carbonyl (C=O) groups is 1. The fourth-order valence-electron chi connectivity index (χ4n) is 1.29. The van der Waals surface area contributed by atoms with Gasteiger partial charge in [0.15, 0.2) is 5.90 Å². The molecule has 5 heteroatoms. The Bertz CT molecular complexity index is 212. The van der Waals surface area contributed by atoms with E-state index >= 15 is 0 Å². The number of hydrogen-bond donors (Lipinski definition) is 1. The van der Waals surface area contributed by atoms with Crippen molar-refractivity contribution in [3.8, 4) is 0 Å². The van der Waals surface area contributed by atoms with Crippen LogP contribution in [0.5, 0.6) is 0 Å². The fraction of sp³-hybridized carbons (Fsp3) is 0.778. The summed E-state index contributed by atoms with van der Waals surface area (Å²) < 4.78 is 10.0. The zero-order valence-corrected chi connectivity index (χ0v) is 8.41. The highest BCUT2D eigenvalue weighted by Crippen LogP contribution is 2.01. The van der Waals surface area contributed by atoms with E-state index in [4.69, 9.17) is 14.9 Å². The molecule has 0 atom stereocenters. The summed E-state index contributed by atoms with van der Waals surface area (Å²) in [4.78, 5) is 13.2. The molecule has 0 aromatic carbocycles. The maximum Gasteiger partial charge on any atom is 0.232 e. The Morgan fingerprint density at radius 2 is 2.14 bits per heavy atom. The molecule has 1 N–H and O–H groups in total. The van der Waals surface area contributed by atoms with E-state index in [1.165, 1.54) is 0 Å². The van der Waals surface area contributed by atoms with E-state index < -0.39 is 0 Å². The third-order valence-electron chi connectivity index (χ3n) is 1.99. The highest BCUT2D eigenvalue weighted by Gasteiger charge is 2.18. The largest absolute Gasteiger partial charge is 0.481 e. The van der Waals surface area contributed by atoms with Gasteiger partial charge in [-0.15, -0.1) is 0 Å². The molecule has 1 rings (SSSR count). The summed E-state index contributed by atoms with van der Waals surface area (Å²) in [6, 6.07) is 0. The predicted molar refractivity (Wildman–Crippen MR) is 51.4 cm³/mol. The number of nitrogens with one attached hydrogen (secondary N) is 1. The molecule has 1 aliphatic heterocycles. The third-order valence-corrected chi connectivity index (χ3v) is 1.99. The number of ether oxygens (including phenoxy) is 2. The zero-order chi connectivity index (χ0) is 10.4. The molecular weight excluding hydrogens is 184 g/mol. The minimum Gasteiger partial charge on any atom is -0.481 e. The van der Waals surface area contributed by atoms with Crippen LogP contribution in [-0.2, 0) is 14.3 Å². The van der Waals surface area contributed by atoms with Gasteiger partial charge in [-0.3, -0.25) is 10.2 Å². The monoisotopic (exact) mass is 200 g/mol. The molecule has 0 saturated carbocycles. The van der Waals surface area contributed by atoms with Crippen molar-refractivity contribution in [3.63, 3.8) is 0 Å².